The second-order valence-corrected chi connectivity index (χ2v) is 8.50. The van der Waals surface area contributed by atoms with Crippen LogP contribution < -0.4 is 4.90 Å². The Morgan fingerprint density at radius 3 is 2.86 bits per heavy atom. The number of thiophene rings is 1. The van der Waals surface area contributed by atoms with Gasteiger partial charge in [-0.1, -0.05) is 0 Å². The molecule has 1 atom stereocenters. The molecule has 1 fully saturated rings. The van der Waals surface area contributed by atoms with E-state index in [1.54, 1.807) is 17.7 Å². The molecule has 0 amide bonds. The third-order valence-electron chi connectivity index (χ3n) is 5.27. The summed E-state index contributed by atoms with van der Waals surface area (Å²) in [5.41, 5.74) is -0.284. The second-order valence-electron chi connectivity index (χ2n) is 7.26. The van der Waals surface area contributed by atoms with Gasteiger partial charge in [0.05, 0.1) is 10.9 Å². The van der Waals surface area contributed by atoms with Crippen LogP contribution in [0.3, 0.4) is 0 Å². The molecule has 150 valence electrons. The molecule has 4 aromatic rings. The Morgan fingerprint density at radius 2 is 2.03 bits per heavy atom. The fourth-order valence-electron chi connectivity index (χ4n) is 3.95. The third kappa shape index (κ3) is 3.21. The second kappa shape index (κ2) is 6.65. The van der Waals surface area contributed by atoms with Crippen molar-refractivity contribution >= 4 is 33.0 Å². The zero-order chi connectivity index (χ0) is 20.2. The maximum absolute atomic E-state index is 13.2. The number of piperidine rings is 1. The normalized spacial score (nSPS) is 18.1. The summed E-state index contributed by atoms with van der Waals surface area (Å²) < 4.78 is 40.9. The van der Waals surface area contributed by atoms with Crippen molar-refractivity contribution < 1.29 is 13.2 Å². The largest absolute Gasteiger partial charge is 0.417 e. The molecule has 0 saturated carbocycles. The van der Waals surface area contributed by atoms with Crippen molar-refractivity contribution in [2.24, 2.45) is 0 Å². The molecule has 10 heteroatoms. The lowest BCUT2D eigenvalue weighted by Crippen LogP contribution is -2.35. The van der Waals surface area contributed by atoms with E-state index in [0.717, 1.165) is 47.7 Å². The van der Waals surface area contributed by atoms with Crippen molar-refractivity contribution in [3.8, 4) is 0 Å². The van der Waals surface area contributed by atoms with Crippen molar-refractivity contribution in [2.45, 2.75) is 31.9 Å². The highest BCUT2D eigenvalue weighted by molar-refractivity contribution is 7.18. The van der Waals surface area contributed by atoms with Gasteiger partial charge < -0.3 is 4.90 Å². The molecule has 1 unspecified atom stereocenters. The van der Waals surface area contributed by atoms with Gasteiger partial charge in [-0.25, -0.2) is 9.97 Å². The molecule has 1 aliphatic heterocycles. The standard InChI is InChI=1S/C19H17F3N6S/c1-11-7-14-17(23-10-24-18(14)29-11)27-6-2-3-12(8-27)16-26-25-15-5-4-13(9-28(15)16)19(20,21)22/h4-5,7,9-10,12H,2-3,6,8H2,1H3. The van der Waals surface area contributed by atoms with E-state index in [9.17, 15) is 13.2 Å². The highest BCUT2D eigenvalue weighted by atomic mass is 32.1. The number of hydrogen-bond donors (Lipinski definition) is 0. The van der Waals surface area contributed by atoms with Crippen LogP contribution in [0.25, 0.3) is 15.9 Å². The van der Waals surface area contributed by atoms with Crippen LogP contribution in [-0.2, 0) is 6.18 Å². The number of fused-ring (bicyclic) bond motifs is 2. The highest BCUT2D eigenvalue weighted by Gasteiger charge is 2.32. The number of aromatic nitrogens is 5. The molecule has 1 aliphatic rings. The summed E-state index contributed by atoms with van der Waals surface area (Å²) >= 11 is 1.62. The van der Waals surface area contributed by atoms with Crippen LogP contribution in [0.5, 0.6) is 0 Å². The van der Waals surface area contributed by atoms with Gasteiger partial charge in [-0.15, -0.1) is 21.5 Å². The van der Waals surface area contributed by atoms with E-state index >= 15 is 0 Å². The van der Waals surface area contributed by atoms with E-state index in [2.05, 4.69) is 31.1 Å². The number of nitrogens with zero attached hydrogens (tertiary/aromatic N) is 6. The summed E-state index contributed by atoms with van der Waals surface area (Å²) in [6, 6.07) is 4.49. The Balaban J connectivity index is 1.51. The number of halogens is 3. The maximum atomic E-state index is 13.2. The summed E-state index contributed by atoms with van der Waals surface area (Å²) in [5.74, 6) is 1.39. The topological polar surface area (TPSA) is 59.2 Å². The SMILES string of the molecule is Cc1cc2c(N3CCCC(c4nnc5ccc(C(F)(F)F)cn45)C3)ncnc2s1. The molecule has 0 bridgehead atoms. The smallest absolute Gasteiger partial charge is 0.355 e. The van der Waals surface area contributed by atoms with Crippen molar-refractivity contribution in [1.29, 1.82) is 0 Å². The molecule has 5 heterocycles. The van der Waals surface area contributed by atoms with Crippen molar-refractivity contribution in [3.05, 3.63) is 47.0 Å². The van der Waals surface area contributed by atoms with Crippen molar-refractivity contribution in [2.75, 3.05) is 18.0 Å². The first kappa shape index (κ1) is 18.3. The van der Waals surface area contributed by atoms with Gasteiger partial charge in [0.15, 0.2) is 5.65 Å². The molecular weight excluding hydrogens is 401 g/mol. The van der Waals surface area contributed by atoms with Crippen molar-refractivity contribution in [1.82, 2.24) is 24.6 Å². The van der Waals surface area contributed by atoms with E-state index in [1.807, 2.05) is 6.92 Å². The highest BCUT2D eigenvalue weighted by Crippen LogP contribution is 2.35. The maximum Gasteiger partial charge on any atom is 0.417 e. The van der Waals surface area contributed by atoms with Crippen LogP contribution in [0.2, 0.25) is 0 Å². The fraction of sp³-hybridized carbons (Fsp3) is 0.368. The first-order valence-electron chi connectivity index (χ1n) is 9.28. The van der Waals surface area contributed by atoms with Gasteiger partial charge in [0, 0.05) is 30.1 Å². The Bertz CT molecular complexity index is 1200. The Labute approximate surface area is 168 Å². The minimum absolute atomic E-state index is 0.0352. The molecule has 0 radical (unpaired) electrons. The lowest BCUT2D eigenvalue weighted by Gasteiger charge is -2.33. The minimum atomic E-state index is -4.41. The predicted octanol–water partition coefficient (Wildman–Crippen LogP) is 4.45. The number of alkyl halides is 3. The quantitative estimate of drug-likeness (QED) is 0.482. The first-order valence-corrected chi connectivity index (χ1v) is 10.1. The Morgan fingerprint density at radius 1 is 1.17 bits per heavy atom. The van der Waals surface area contributed by atoms with Crippen LogP contribution in [-0.4, -0.2) is 37.7 Å². The molecular formula is C19H17F3N6S. The molecule has 0 spiro atoms. The number of hydrogen-bond acceptors (Lipinski definition) is 6. The number of anilines is 1. The van der Waals surface area contributed by atoms with Crippen LogP contribution in [0.1, 0.15) is 35.0 Å². The summed E-state index contributed by atoms with van der Waals surface area (Å²) in [6.07, 6.45) is -0.0106. The Kier molecular flexibility index (Phi) is 4.19. The van der Waals surface area contributed by atoms with Gasteiger partial charge in [0.2, 0.25) is 0 Å². The number of rotatable bonds is 2. The van der Waals surface area contributed by atoms with E-state index in [0.29, 0.717) is 18.0 Å². The first-order chi connectivity index (χ1) is 13.9. The zero-order valence-corrected chi connectivity index (χ0v) is 16.3. The molecule has 0 aromatic carbocycles. The number of pyridine rings is 1. The molecule has 0 aliphatic carbocycles. The van der Waals surface area contributed by atoms with Gasteiger partial charge in [-0.05, 0) is 38.0 Å². The van der Waals surface area contributed by atoms with E-state index in [4.69, 9.17) is 0 Å². The molecule has 0 N–H and O–H groups in total. The molecule has 6 nitrogen and oxygen atoms in total. The van der Waals surface area contributed by atoms with Crippen LogP contribution in [0, 0.1) is 6.92 Å². The van der Waals surface area contributed by atoms with Gasteiger partial charge in [0.1, 0.15) is 22.8 Å². The van der Waals surface area contributed by atoms with E-state index in [1.165, 1.54) is 15.3 Å². The van der Waals surface area contributed by atoms with Gasteiger partial charge in [-0.3, -0.25) is 4.40 Å². The fourth-order valence-corrected chi connectivity index (χ4v) is 4.79. The minimum Gasteiger partial charge on any atom is -0.355 e. The van der Waals surface area contributed by atoms with Gasteiger partial charge in [-0.2, -0.15) is 13.2 Å². The van der Waals surface area contributed by atoms with Gasteiger partial charge >= 0.3 is 6.18 Å². The summed E-state index contributed by atoms with van der Waals surface area (Å²) in [4.78, 5) is 13.1. The van der Waals surface area contributed by atoms with Crippen LogP contribution >= 0.6 is 11.3 Å². The molecule has 5 rings (SSSR count). The van der Waals surface area contributed by atoms with Gasteiger partial charge in [0.25, 0.3) is 0 Å². The molecule has 4 aromatic heterocycles. The van der Waals surface area contributed by atoms with Crippen molar-refractivity contribution in [3.63, 3.8) is 0 Å². The van der Waals surface area contributed by atoms with E-state index in [-0.39, 0.29) is 5.92 Å². The summed E-state index contributed by atoms with van der Waals surface area (Å²) in [6.45, 7) is 3.50. The molecule has 29 heavy (non-hydrogen) atoms. The molecule has 1 saturated heterocycles. The average molecular weight is 418 g/mol. The lowest BCUT2D eigenvalue weighted by molar-refractivity contribution is -0.137. The lowest BCUT2D eigenvalue weighted by atomic mass is 9.97. The average Bonchev–Trinajstić information content (AvgIpc) is 3.29. The number of aryl methyl sites for hydroxylation is 1. The summed E-state index contributed by atoms with van der Waals surface area (Å²) in [7, 11) is 0. The predicted molar refractivity (Wildman–Crippen MR) is 104 cm³/mol. The van der Waals surface area contributed by atoms with E-state index < -0.39 is 11.7 Å². The van der Waals surface area contributed by atoms with Crippen LogP contribution in [0.4, 0.5) is 19.0 Å². The monoisotopic (exact) mass is 418 g/mol. The summed E-state index contributed by atoms with van der Waals surface area (Å²) in [5, 5.41) is 9.31. The third-order valence-corrected chi connectivity index (χ3v) is 6.23. The Hall–Kier alpha value is -2.75. The van der Waals surface area contributed by atoms with Crippen LogP contribution in [0.15, 0.2) is 30.7 Å². The zero-order valence-electron chi connectivity index (χ0n) is 15.5.